The molecule has 0 saturated heterocycles. The molecule has 1 atom stereocenters. The molecule has 0 fully saturated rings. The van der Waals surface area contributed by atoms with Crippen molar-refractivity contribution in [2.75, 3.05) is 33.1 Å². The summed E-state index contributed by atoms with van der Waals surface area (Å²) in [5, 5.41) is 24.3. The maximum absolute atomic E-state index is 12.8. The molecule has 10 heteroatoms. The highest BCUT2D eigenvalue weighted by Crippen LogP contribution is 2.44. The lowest BCUT2D eigenvalue weighted by molar-refractivity contribution is -0.135. The predicted molar refractivity (Wildman–Crippen MR) is 140 cm³/mol. The first-order valence-electron chi connectivity index (χ1n) is 11.8. The number of benzene rings is 2. The highest BCUT2D eigenvalue weighted by molar-refractivity contribution is 5.88. The Balaban J connectivity index is 1.67. The molecule has 1 aromatic heterocycles. The Morgan fingerprint density at radius 3 is 2.53 bits per heavy atom. The molecule has 1 unspecified atom stereocenters. The normalized spacial score (nSPS) is 15.1. The third kappa shape index (κ3) is 5.57. The van der Waals surface area contributed by atoms with Crippen LogP contribution in [-0.2, 0) is 16.1 Å². The fourth-order valence-corrected chi connectivity index (χ4v) is 4.49. The minimum atomic E-state index is -1.01. The first-order chi connectivity index (χ1) is 18.3. The van der Waals surface area contributed by atoms with Gasteiger partial charge in [-0.1, -0.05) is 6.07 Å². The van der Waals surface area contributed by atoms with Crippen molar-refractivity contribution < 1.29 is 28.6 Å². The average Bonchev–Trinajstić information content (AvgIpc) is 3.53. The second kappa shape index (κ2) is 11.4. The summed E-state index contributed by atoms with van der Waals surface area (Å²) in [6.45, 7) is -0.00787. The summed E-state index contributed by atoms with van der Waals surface area (Å²) in [5.41, 5.74) is 4.33. The van der Waals surface area contributed by atoms with Gasteiger partial charge in [-0.2, -0.15) is 5.26 Å². The maximum Gasteiger partial charge on any atom is 0.322 e. The number of carboxylic acid groups (broad SMARTS) is 1. The van der Waals surface area contributed by atoms with Gasteiger partial charge in [0, 0.05) is 18.3 Å². The number of aliphatic carboxylic acids is 1. The Morgan fingerprint density at radius 2 is 1.92 bits per heavy atom. The van der Waals surface area contributed by atoms with Crippen LogP contribution >= 0.6 is 0 Å². The van der Waals surface area contributed by atoms with Gasteiger partial charge in [0.2, 0.25) is 5.91 Å². The van der Waals surface area contributed by atoms with Gasteiger partial charge in [0.1, 0.15) is 29.5 Å². The van der Waals surface area contributed by atoms with E-state index in [1.165, 1.54) is 14.2 Å². The number of carbonyl (C=O) groups excluding carboxylic acids is 1. The molecule has 0 bridgehead atoms. The molecular weight excluding hydrogens is 488 g/mol. The van der Waals surface area contributed by atoms with Crippen LogP contribution in [0, 0.1) is 11.3 Å². The minimum absolute atomic E-state index is 0.148. The van der Waals surface area contributed by atoms with Crippen LogP contribution in [0.1, 0.15) is 40.5 Å². The fraction of sp³-hybridized carbons (Fsp3) is 0.250. The first-order valence-corrected chi connectivity index (χ1v) is 11.8. The predicted octanol–water partition coefficient (Wildman–Crippen LogP) is 3.86. The number of anilines is 1. The smallest absolute Gasteiger partial charge is 0.322 e. The zero-order valence-corrected chi connectivity index (χ0v) is 21.3. The standard InChI is InChI=1S/C28H28N4O6/c1-32-22(10-18-11-24(36-2)28(25(12-18)37-3)31-16-27(34)35)20-7-6-17(14-29)9-21(20)23(32)13-26(33)30-15-19-5-4-8-38-19/h4-12,23,31H,13,15-16H2,1-3H3,(H,30,33)(H,34,35). The van der Waals surface area contributed by atoms with Crippen LogP contribution in [0.3, 0.4) is 0 Å². The van der Waals surface area contributed by atoms with Crippen LogP contribution in [0.5, 0.6) is 11.5 Å². The molecule has 0 aliphatic carbocycles. The molecule has 1 amide bonds. The van der Waals surface area contributed by atoms with Crippen LogP contribution in [0.15, 0.2) is 53.1 Å². The fourth-order valence-electron chi connectivity index (χ4n) is 4.49. The summed E-state index contributed by atoms with van der Waals surface area (Å²) >= 11 is 0. The molecular formula is C28H28N4O6. The van der Waals surface area contributed by atoms with E-state index >= 15 is 0 Å². The van der Waals surface area contributed by atoms with Crippen molar-refractivity contribution in [1.82, 2.24) is 10.2 Å². The number of carbonyl (C=O) groups is 2. The summed E-state index contributed by atoms with van der Waals surface area (Å²) in [4.78, 5) is 25.9. The van der Waals surface area contributed by atoms with E-state index in [4.69, 9.17) is 19.0 Å². The van der Waals surface area contributed by atoms with Crippen LogP contribution in [0.4, 0.5) is 5.69 Å². The molecule has 10 nitrogen and oxygen atoms in total. The number of amides is 1. The van der Waals surface area contributed by atoms with Gasteiger partial charge in [0.15, 0.2) is 0 Å². The summed E-state index contributed by atoms with van der Waals surface area (Å²) in [5.74, 6) is 0.347. The Hall–Kier alpha value is -4.91. The van der Waals surface area contributed by atoms with E-state index in [-0.39, 0.29) is 31.5 Å². The molecule has 2 aromatic carbocycles. The molecule has 0 spiro atoms. The highest BCUT2D eigenvalue weighted by atomic mass is 16.5. The van der Waals surface area contributed by atoms with Gasteiger partial charge in [0.05, 0.1) is 51.1 Å². The van der Waals surface area contributed by atoms with Crippen molar-refractivity contribution in [3.63, 3.8) is 0 Å². The van der Waals surface area contributed by atoms with E-state index in [9.17, 15) is 14.9 Å². The number of hydrogen-bond acceptors (Lipinski definition) is 8. The van der Waals surface area contributed by atoms with E-state index in [1.807, 2.05) is 30.2 Å². The molecule has 38 heavy (non-hydrogen) atoms. The van der Waals surface area contributed by atoms with Crippen molar-refractivity contribution >= 4 is 29.3 Å². The quantitative estimate of drug-likeness (QED) is 0.367. The number of ether oxygens (including phenoxy) is 2. The third-order valence-electron chi connectivity index (χ3n) is 6.33. The van der Waals surface area contributed by atoms with Crippen LogP contribution in [0.25, 0.3) is 11.8 Å². The Bertz CT molecular complexity index is 1380. The van der Waals surface area contributed by atoms with Crippen LogP contribution < -0.4 is 20.1 Å². The number of nitrogens with one attached hydrogen (secondary N) is 2. The number of rotatable bonds is 10. The zero-order chi connectivity index (χ0) is 27.2. The maximum atomic E-state index is 12.8. The second-order valence-electron chi connectivity index (χ2n) is 8.68. The minimum Gasteiger partial charge on any atom is -0.494 e. The largest absolute Gasteiger partial charge is 0.494 e. The Kier molecular flexibility index (Phi) is 7.87. The Labute approximate surface area is 220 Å². The third-order valence-corrected chi connectivity index (χ3v) is 6.33. The molecule has 3 aromatic rings. The van der Waals surface area contributed by atoms with E-state index in [0.29, 0.717) is 28.5 Å². The SMILES string of the molecule is COc1cc(C=C2c3ccc(C#N)cc3C(CC(=O)NCc3ccco3)N2C)cc(OC)c1NCC(=O)O. The topological polar surface area (TPSA) is 137 Å². The lowest BCUT2D eigenvalue weighted by atomic mass is 9.98. The van der Waals surface area contributed by atoms with E-state index < -0.39 is 5.97 Å². The molecule has 1 aliphatic rings. The lowest BCUT2D eigenvalue weighted by Gasteiger charge is -2.23. The summed E-state index contributed by atoms with van der Waals surface area (Å²) < 4.78 is 16.3. The van der Waals surface area contributed by atoms with Gasteiger partial charge < -0.3 is 34.5 Å². The van der Waals surface area contributed by atoms with E-state index in [2.05, 4.69) is 16.7 Å². The number of carboxylic acids is 1. The highest BCUT2D eigenvalue weighted by Gasteiger charge is 2.33. The van der Waals surface area contributed by atoms with Gasteiger partial charge in [-0.25, -0.2) is 0 Å². The monoisotopic (exact) mass is 516 g/mol. The second-order valence-corrected chi connectivity index (χ2v) is 8.68. The number of fused-ring (bicyclic) bond motifs is 1. The number of nitrogens with zero attached hydrogens (tertiary/aromatic N) is 2. The number of methoxy groups -OCH3 is 2. The van der Waals surface area contributed by atoms with Crippen molar-refractivity contribution in [2.24, 2.45) is 0 Å². The molecule has 196 valence electrons. The molecule has 4 rings (SSSR count). The number of nitriles is 1. The van der Waals surface area contributed by atoms with Gasteiger partial charge in [-0.05, 0) is 53.6 Å². The summed E-state index contributed by atoms with van der Waals surface area (Å²) in [6, 6.07) is 14.5. The van der Waals surface area contributed by atoms with Crippen molar-refractivity contribution in [1.29, 1.82) is 5.26 Å². The number of hydrogen-bond donors (Lipinski definition) is 3. The van der Waals surface area contributed by atoms with Gasteiger partial charge in [0.25, 0.3) is 0 Å². The number of furan rings is 1. The van der Waals surface area contributed by atoms with Crippen molar-refractivity contribution in [2.45, 2.75) is 19.0 Å². The average molecular weight is 517 g/mol. The molecule has 2 heterocycles. The van der Waals surface area contributed by atoms with Gasteiger partial charge in [-0.15, -0.1) is 0 Å². The Morgan fingerprint density at radius 1 is 1.18 bits per heavy atom. The van der Waals surface area contributed by atoms with Gasteiger partial charge in [-0.3, -0.25) is 9.59 Å². The zero-order valence-electron chi connectivity index (χ0n) is 21.3. The molecule has 3 N–H and O–H groups in total. The first kappa shape index (κ1) is 26.2. The van der Waals surface area contributed by atoms with Crippen LogP contribution in [0.2, 0.25) is 0 Å². The molecule has 0 radical (unpaired) electrons. The van der Waals surface area contributed by atoms with Gasteiger partial charge >= 0.3 is 5.97 Å². The summed E-state index contributed by atoms with van der Waals surface area (Å²) in [6.07, 6.45) is 3.68. The van der Waals surface area contributed by atoms with Crippen LogP contribution in [-0.4, -0.2) is 49.7 Å². The lowest BCUT2D eigenvalue weighted by Crippen LogP contribution is -2.28. The molecule has 0 saturated carbocycles. The van der Waals surface area contributed by atoms with Crippen molar-refractivity contribution in [3.05, 3.63) is 76.7 Å². The van der Waals surface area contributed by atoms with E-state index in [1.54, 1.807) is 36.6 Å². The summed E-state index contributed by atoms with van der Waals surface area (Å²) in [7, 11) is 4.89. The van der Waals surface area contributed by atoms with Crippen molar-refractivity contribution in [3.8, 4) is 17.6 Å². The van der Waals surface area contributed by atoms with E-state index in [0.717, 1.165) is 22.4 Å². The molecule has 1 aliphatic heterocycles.